The molecule has 0 aliphatic rings. The van der Waals surface area contributed by atoms with E-state index in [4.69, 9.17) is 0 Å². The van der Waals surface area contributed by atoms with Gasteiger partial charge in [-0.05, 0) is 48.9 Å². The molecule has 6 heteroatoms. The highest BCUT2D eigenvalue weighted by atomic mass is 32.1. The van der Waals surface area contributed by atoms with Crippen molar-refractivity contribution in [2.45, 2.75) is 6.92 Å². The van der Waals surface area contributed by atoms with Crippen LogP contribution in [0.25, 0.3) is 10.2 Å². The first-order chi connectivity index (χ1) is 10.1. The first-order valence-electron chi connectivity index (χ1n) is 6.31. The zero-order valence-electron chi connectivity index (χ0n) is 11.2. The highest BCUT2D eigenvalue weighted by molar-refractivity contribution is 7.22. The summed E-state index contributed by atoms with van der Waals surface area (Å²) in [4.78, 5) is 16.2. The number of aryl methyl sites for hydroxylation is 1. The number of amides is 2. The normalized spacial score (nSPS) is 10.6. The number of urea groups is 1. The molecule has 3 aromatic rings. The van der Waals surface area contributed by atoms with E-state index in [9.17, 15) is 9.18 Å². The van der Waals surface area contributed by atoms with Gasteiger partial charge in [0.05, 0.1) is 10.2 Å². The molecular weight excluding hydrogens is 289 g/mol. The lowest BCUT2D eigenvalue weighted by molar-refractivity contribution is 0.262. The highest BCUT2D eigenvalue weighted by Gasteiger charge is 2.08. The summed E-state index contributed by atoms with van der Waals surface area (Å²) in [5.41, 5.74) is 2.52. The molecule has 0 saturated heterocycles. The predicted octanol–water partition coefficient (Wildman–Crippen LogP) is 4.39. The predicted molar refractivity (Wildman–Crippen MR) is 83.4 cm³/mol. The zero-order chi connectivity index (χ0) is 14.8. The van der Waals surface area contributed by atoms with Crippen LogP contribution in [0.2, 0.25) is 0 Å². The van der Waals surface area contributed by atoms with Gasteiger partial charge in [-0.3, -0.25) is 5.32 Å². The van der Waals surface area contributed by atoms with Crippen LogP contribution in [0.1, 0.15) is 5.56 Å². The summed E-state index contributed by atoms with van der Waals surface area (Å²) in [5, 5.41) is 5.82. The maximum atomic E-state index is 12.8. The standard InChI is InChI=1S/C15H12FN3OS/c1-9-2-7-12-13(8-9)21-15(18-12)19-14(20)17-11-5-3-10(16)4-6-11/h2-8H,1H3,(H2,17,18,19,20). The number of hydrogen-bond donors (Lipinski definition) is 2. The molecule has 0 spiro atoms. The molecule has 1 heterocycles. The number of benzene rings is 2. The molecule has 0 aliphatic carbocycles. The molecule has 0 unspecified atom stereocenters. The molecule has 1 aromatic heterocycles. The van der Waals surface area contributed by atoms with Crippen LogP contribution < -0.4 is 10.6 Å². The fourth-order valence-electron chi connectivity index (χ4n) is 1.88. The summed E-state index contributed by atoms with van der Waals surface area (Å²) in [6.07, 6.45) is 0. The second-order valence-corrected chi connectivity index (χ2v) is 5.61. The van der Waals surface area contributed by atoms with Gasteiger partial charge in [-0.15, -0.1) is 0 Å². The number of thiazole rings is 1. The molecule has 2 aromatic carbocycles. The highest BCUT2D eigenvalue weighted by Crippen LogP contribution is 2.26. The number of anilines is 2. The average Bonchev–Trinajstić information content (AvgIpc) is 2.82. The Morgan fingerprint density at radius 2 is 1.90 bits per heavy atom. The van der Waals surface area contributed by atoms with Gasteiger partial charge in [0.1, 0.15) is 5.82 Å². The lowest BCUT2D eigenvalue weighted by Gasteiger charge is -2.04. The topological polar surface area (TPSA) is 54.0 Å². The van der Waals surface area contributed by atoms with Crippen LogP contribution in [0.15, 0.2) is 42.5 Å². The minimum atomic E-state index is -0.405. The van der Waals surface area contributed by atoms with Crippen LogP contribution in [0, 0.1) is 12.7 Å². The molecule has 0 radical (unpaired) electrons. The van der Waals surface area contributed by atoms with Crippen LogP contribution in [-0.2, 0) is 0 Å². The second-order valence-electron chi connectivity index (χ2n) is 4.58. The van der Waals surface area contributed by atoms with E-state index < -0.39 is 6.03 Å². The van der Waals surface area contributed by atoms with E-state index in [0.717, 1.165) is 15.8 Å². The van der Waals surface area contributed by atoms with Crippen molar-refractivity contribution in [3.05, 3.63) is 53.8 Å². The van der Waals surface area contributed by atoms with Crippen molar-refractivity contribution in [1.82, 2.24) is 4.98 Å². The summed E-state index contributed by atoms with van der Waals surface area (Å²) < 4.78 is 13.8. The van der Waals surface area contributed by atoms with Gasteiger partial charge in [0.25, 0.3) is 0 Å². The molecule has 0 fully saturated rings. The van der Waals surface area contributed by atoms with E-state index in [1.54, 1.807) is 0 Å². The maximum absolute atomic E-state index is 12.8. The van der Waals surface area contributed by atoms with Gasteiger partial charge < -0.3 is 5.32 Å². The summed E-state index contributed by atoms with van der Waals surface area (Å²) in [5.74, 6) is -0.345. The molecule has 0 aliphatic heterocycles. The summed E-state index contributed by atoms with van der Waals surface area (Å²) in [7, 11) is 0. The van der Waals surface area contributed by atoms with Crippen LogP contribution in [0.3, 0.4) is 0 Å². The van der Waals surface area contributed by atoms with Gasteiger partial charge in [-0.25, -0.2) is 14.2 Å². The van der Waals surface area contributed by atoms with Crippen LogP contribution in [-0.4, -0.2) is 11.0 Å². The molecule has 106 valence electrons. The lowest BCUT2D eigenvalue weighted by atomic mass is 10.2. The SMILES string of the molecule is Cc1ccc2nc(NC(=O)Nc3ccc(F)cc3)sc2c1. The molecule has 3 rings (SSSR count). The summed E-state index contributed by atoms with van der Waals surface area (Å²) in [6, 6.07) is 11.1. The van der Waals surface area contributed by atoms with Crippen molar-refractivity contribution in [2.24, 2.45) is 0 Å². The Hall–Kier alpha value is -2.47. The third kappa shape index (κ3) is 3.17. The summed E-state index contributed by atoms with van der Waals surface area (Å²) >= 11 is 1.41. The Balaban J connectivity index is 1.72. The van der Waals surface area contributed by atoms with E-state index in [1.807, 2.05) is 25.1 Å². The third-order valence-corrected chi connectivity index (χ3v) is 3.80. The van der Waals surface area contributed by atoms with Crippen LogP contribution in [0.5, 0.6) is 0 Å². The van der Waals surface area contributed by atoms with Crippen LogP contribution >= 0.6 is 11.3 Å². The van der Waals surface area contributed by atoms with Crippen molar-refractivity contribution >= 4 is 38.4 Å². The fraction of sp³-hybridized carbons (Fsp3) is 0.0667. The van der Waals surface area contributed by atoms with Gasteiger partial charge in [-0.1, -0.05) is 17.4 Å². The largest absolute Gasteiger partial charge is 0.325 e. The Morgan fingerprint density at radius 3 is 2.67 bits per heavy atom. The van der Waals surface area contributed by atoms with Crippen molar-refractivity contribution in [2.75, 3.05) is 10.6 Å². The third-order valence-electron chi connectivity index (χ3n) is 2.87. The molecule has 2 N–H and O–H groups in total. The molecule has 21 heavy (non-hydrogen) atoms. The van der Waals surface area contributed by atoms with Crippen LogP contribution in [0.4, 0.5) is 20.0 Å². The maximum Gasteiger partial charge on any atom is 0.325 e. The Kier molecular flexibility index (Phi) is 3.53. The molecule has 2 amide bonds. The fourth-order valence-corrected chi connectivity index (χ4v) is 2.84. The van der Waals surface area contributed by atoms with E-state index in [-0.39, 0.29) is 5.82 Å². The smallest absolute Gasteiger partial charge is 0.308 e. The van der Waals surface area contributed by atoms with Crippen molar-refractivity contribution in [3.8, 4) is 0 Å². The number of rotatable bonds is 2. The monoisotopic (exact) mass is 301 g/mol. The first kappa shape index (κ1) is 13.5. The van der Waals surface area contributed by atoms with E-state index >= 15 is 0 Å². The number of nitrogens with one attached hydrogen (secondary N) is 2. The summed E-state index contributed by atoms with van der Waals surface area (Å²) in [6.45, 7) is 2.01. The Bertz CT molecular complexity index is 798. The molecule has 0 saturated carbocycles. The van der Waals surface area contributed by atoms with Crippen molar-refractivity contribution in [3.63, 3.8) is 0 Å². The molecule has 4 nitrogen and oxygen atoms in total. The molecule has 0 bridgehead atoms. The molecular formula is C15H12FN3OS. The van der Waals surface area contributed by atoms with Gasteiger partial charge in [0.15, 0.2) is 5.13 Å². The number of fused-ring (bicyclic) bond motifs is 1. The van der Waals surface area contributed by atoms with Crippen molar-refractivity contribution in [1.29, 1.82) is 0 Å². The first-order valence-corrected chi connectivity index (χ1v) is 7.12. The minimum Gasteiger partial charge on any atom is -0.308 e. The second kappa shape index (κ2) is 5.49. The molecule has 0 atom stereocenters. The zero-order valence-corrected chi connectivity index (χ0v) is 12.0. The number of carbonyl (C=O) groups excluding carboxylic acids is 1. The number of nitrogens with zero attached hydrogens (tertiary/aromatic N) is 1. The number of aromatic nitrogens is 1. The van der Waals surface area contributed by atoms with Gasteiger partial charge in [0.2, 0.25) is 0 Å². The number of carbonyl (C=O) groups is 1. The minimum absolute atomic E-state index is 0.345. The van der Waals surface area contributed by atoms with Gasteiger partial charge in [0, 0.05) is 5.69 Å². The van der Waals surface area contributed by atoms with Crippen molar-refractivity contribution < 1.29 is 9.18 Å². The Labute approximate surface area is 124 Å². The quantitative estimate of drug-likeness (QED) is 0.737. The van der Waals surface area contributed by atoms with Gasteiger partial charge >= 0.3 is 6.03 Å². The average molecular weight is 301 g/mol. The van der Waals surface area contributed by atoms with Gasteiger partial charge in [-0.2, -0.15) is 0 Å². The Morgan fingerprint density at radius 1 is 1.14 bits per heavy atom. The van der Waals surface area contributed by atoms with E-state index in [1.165, 1.54) is 35.6 Å². The van der Waals surface area contributed by atoms with E-state index in [0.29, 0.717) is 10.8 Å². The number of hydrogen-bond acceptors (Lipinski definition) is 3. The lowest BCUT2D eigenvalue weighted by Crippen LogP contribution is -2.19. The van der Waals surface area contributed by atoms with E-state index in [2.05, 4.69) is 15.6 Å². The number of halogens is 1.